The Morgan fingerprint density at radius 1 is 0.907 bits per heavy atom. The van der Waals surface area contributed by atoms with Gasteiger partial charge in [-0.15, -0.1) is 6.58 Å². The number of rotatable bonds is 18. The Hall–Kier alpha value is -4.41. The molecule has 0 fully saturated rings. The van der Waals surface area contributed by atoms with Gasteiger partial charge in [0.25, 0.3) is 0 Å². The van der Waals surface area contributed by atoms with Crippen LogP contribution in [0.1, 0.15) is 37.3 Å². The van der Waals surface area contributed by atoms with Crippen LogP contribution in [0.15, 0.2) is 79.9 Å². The molecule has 2 rings (SSSR count). The van der Waals surface area contributed by atoms with E-state index in [4.69, 9.17) is 4.74 Å². The monoisotopic (exact) mass is 601 g/mol. The Balaban J connectivity index is 2.32. The number of benzene rings is 2. The van der Waals surface area contributed by atoms with E-state index in [0.717, 1.165) is 5.56 Å². The molecule has 3 atom stereocenters. The van der Waals surface area contributed by atoms with Gasteiger partial charge in [-0.1, -0.05) is 61.2 Å². The molecule has 0 radical (unpaired) electrons. The fourth-order valence-corrected chi connectivity index (χ4v) is 4.34. The molecule has 11 heteroatoms. The Bertz CT molecular complexity index is 1250. The summed E-state index contributed by atoms with van der Waals surface area (Å²) >= 11 is 0. The minimum absolute atomic E-state index is 0.134. The molecule has 3 amide bonds. The summed E-state index contributed by atoms with van der Waals surface area (Å²) in [5.41, 5.74) is 1.44. The van der Waals surface area contributed by atoms with Crippen molar-refractivity contribution in [2.75, 3.05) is 13.2 Å². The van der Waals surface area contributed by atoms with Crippen molar-refractivity contribution in [3.8, 4) is 5.75 Å². The molecule has 0 unspecified atom stereocenters. The Labute approximate surface area is 249 Å². The summed E-state index contributed by atoms with van der Waals surface area (Å²) in [4.78, 5) is 51.4. The van der Waals surface area contributed by atoms with E-state index in [0.29, 0.717) is 17.7 Å². The standard InChI is InChI=1S/C32H38F3N3O5/c1-4-10-27(37-22(3)39)29(40)20-25(16-15-23-11-7-6-8-12-23)30(41)38-28(31(42)36-21-32(33,34)35)19-24-13-9-14-26(18-24)43-17-5-2/h4-9,11-14,18,25,27-28H,1-2,10,15-17,19-21H2,3H3,(H,36,42)(H,37,39)(H,38,41)/t25-,27+,28+/m1/s1. The molecular weight excluding hydrogens is 563 g/mol. The predicted molar refractivity (Wildman–Crippen MR) is 157 cm³/mol. The molecule has 232 valence electrons. The highest BCUT2D eigenvalue weighted by molar-refractivity contribution is 5.94. The number of halogens is 3. The first-order valence-electron chi connectivity index (χ1n) is 13.8. The van der Waals surface area contributed by atoms with Crippen molar-refractivity contribution in [1.29, 1.82) is 0 Å². The number of amides is 3. The molecule has 0 spiro atoms. The van der Waals surface area contributed by atoms with Crippen molar-refractivity contribution >= 4 is 23.5 Å². The molecule has 43 heavy (non-hydrogen) atoms. The third-order valence-corrected chi connectivity index (χ3v) is 6.41. The van der Waals surface area contributed by atoms with Gasteiger partial charge in [0.15, 0.2) is 5.78 Å². The van der Waals surface area contributed by atoms with Crippen LogP contribution in [0, 0.1) is 5.92 Å². The van der Waals surface area contributed by atoms with Crippen LogP contribution in [-0.2, 0) is 32.0 Å². The fourth-order valence-electron chi connectivity index (χ4n) is 4.34. The largest absolute Gasteiger partial charge is 0.490 e. The van der Waals surface area contributed by atoms with Crippen LogP contribution in [-0.4, -0.2) is 54.9 Å². The van der Waals surface area contributed by atoms with Crippen molar-refractivity contribution in [1.82, 2.24) is 16.0 Å². The number of ether oxygens (including phenoxy) is 1. The highest BCUT2D eigenvalue weighted by Crippen LogP contribution is 2.19. The van der Waals surface area contributed by atoms with Crippen molar-refractivity contribution in [3.63, 3.8) is 0 Å². The predicted octanol–water partition coefficient (Wildman–Crippen LogP) is 4.25. The molecule has 3 N–H and O–H groups in total. The third-order valence-electron chi connectivity index (χ3n) is 6.41. The smallest absolute Gasteiger partial charge is 0.405 e. The van der Waals surface area contributed by atoms with E-state index in [9.17, 15) is 32.3 Å². The van der Waals surface area contributed by atoms with E-state index in [2.05, 4.69) is 23.8 Å². The lowest BCUT2D eigenvalue weighted by atomic mass is 9.90. The normalized spacial score (nSPS) is 13.1. The van der Waals surface area contributed by atoms with Gasteiger partial charge >= 0.3 is 6.18 Å². The number of Topliss-reactive ketones (excluding diaryl/α,β-unsaturated/α-hetero) is 1. The van der Waals surface area contributed by atoms with Gasteiger partial charge in [-0.05, 0) is 42.5 Å². The van der Waals surface area contributed by atoms with Crippen LogP contribution in [0.4, 0.5) is 13.2 Å². The molecule has 0 aliphatic heterocycles. The Morgan fingerprint density at radius 2 is 1.60 bits per heavy atom. The highest BCUT2D eigenvalue weighted by atomic mass is 19.4. The number of hydrogen-bond donors (Lipinski definition) is 3. The van der Waals surface area contributed by atoms with Crippen LogP contribution < -0.4 is 20.7 Å². The first-order valence-corrected chi connectivity index (χ1v) is 13.8. The molecule has 8 nitrogen and oxygen atoms in total. The van der Waals surface area contributed by atoms with E-state index in [-0.39, 0.29) is 32.3 Å². The number of carbonyl (C=O) groups is 4. The molecular formula is C32H38F3N3O5. The van der Waals surface area contributed by atoms with Gasteiger partial charge < -0.3 is 20.7 Å². The minimum atomic E-state index is -4.66. The zero-order valence-electron chi connectivity index (χ0n) is 24.1. The average Bonchev–Trinajstić information content (AvgIpc) is 2.96. The van der Waals surface area contributed by atoms with E-state index < -0.39 is 54.2 Å². The first-order chi connectivity index (χ1) is 20.4. The van der Waals surface area contributed by atoms with Gasteiger partial charge in [0, 0.05) is 25.7 Å². The van der Waals surface area contributed by atoms with Crippen molar-refractivity contribution in [2.45, 2.75) is 57.3 Å². The van der Waals surface area contributed by atoms with Gasteiger partial charge in [-0.25, -0.2) is 0 Å². The van der Waals surface area contributed by atoms with E-state index in [1.807, 2.05) is 35.6 Å². The van der Waals surface area contributed by atoms with E-state index in [1.165, 1.54) is 13.0 Å². The molecule has 0 aliphatic carbocycles. The summed E-state index contributed by atoms with van der Waals surface area (Å²) in [6, 6.07) is 13.6. The maximum atomic E-state index is 13.6. The zero-order valence-corrected chi connectivity index (χ0v) is 24.1. The average molecular weight is 602 g/mol. The maximum Gasteiger partial charge on any atom is 0.405 e. The van der Waals surface area contributed by atoms with Gasteiger partial charge in [0.05, 0.1) is 6.04 Å². The number of carbonyl (C=O) groups excluding carboxylic acids is 4. The second-order valence-electron chi connectivity index (χ2n) is 10.0. The minimum Gasteiger partial charge on any atom is -0.490 e. The van der Waals surface area contributed by atoms with Crippen LogP contribution >= 0.6 is 0 Å². The molecule has 0 aliphatic rings. The summed E-state index contributed by atoms with van der Waals surface area (Å²) < 4.78 is 44.2. The van der Waals surface area contributed by atoms with Crippen LogP contribution in [0.2, 0.25) is 0 Å². The van der Waals surface area contributed by atoms with Gasteiger partial charge in [-0.3, -0.25) is 19.2 Å². The van der Waals surface area contributed by atoms with E-state index in [1.54, 1.807) is 30.3 Å². The second kappa shape index (κ2) is 17.5. The lowest BCUT2D eigenvalue weighted by molar-refractivity contribution is -0.141. The number of hydrogen-bond acceptors (Lipinski definition) is 5. The fraction of sp³-hybridized carbons (Fsp3) is 0.375. The third kappa shape index (κ3) is 13.4. The summed E-state index contributed by atoms with van der Waals surface area (Å²) in [6.45, 7) is 7.11. The molecule has 2 aromatic rings. The topological polar surface area (TPSA) is 114 Å². The molecule has 0 bridgehead atoms. The van der Waals surface area contributed by atoms with Crippen molar-refractivity contribution in [2.24, 2.45) is 5.92 Å². The van der Waals surface area contributed by atoms with Crippen LogP contribution in [0.25, 0.3) is 0 Å². The van der Waals surface area contributed by atoms with E-state index >= 15 is 0 Å². The lowest BCUT2D eigenvalue weighted by Crippen LogP contribution is -2.51. The SMILES string of the molecule is C=CCOc1cccc(C[C@H](NC(=O)[C@H](CCc2ccccc2)CC(=O)[C@H](CC=C)NC(C)=O)C(=O)NCC(F)(F)F)c1. The van der Waals surface area contributed by atoms with Crippen LogP contribution in [0.5, 0.6) is 5.75 Å². The lowest BCUT2D eigenvalue weighted by Gasteiger charge is -2.24. The Morgan fingerprint density at radius 3 is 2.23 bits per heavy atom. The molecule has 0 aromatic heterocycles. The summed E-state index contributed by atoms with van der Waals surface area (Å²) in [6.07, 6.45) is -1.25. The van der Waals surface area contributed by atoms with Crippen molar-refractivity contribution < 1.29 is 37.1 Å². The maximum absolute atomic E-state index is 13.6. The number of nitrogens with one attached hydrogen (secondary N) is 3. The van der Waals surface area contributed by atoms with Gasteiger partial charge in [-0.2, -0.15) is 13.2 Å². The highest BCUT2D eigenvalue weighted by Gasteiger charge is 2.32. The molecule has 2 aromatic carbocycles. The Kier molecular flexibility index (Phi) is 14.2. The molecule has 0 saturated heterocycles. The number of ketones is 1. The van der Waals surface area contributed by atoms with Gasteiger partial charge in [0.2, 0.25) is 17.7 Å². The van der Waals surface area contributed by atoms with Crippen LogP contribution in [0.3, 0.4) is 0 Å². The summed E-state index contributed by atoms with van der Waals surface area (Å²) in [5.74, 6) is -3.01. The number of alkyl halides is 3. The molecule has 0 heterocycles. The summed E-state index contributed by atoms with van der Waals surface area (Å²) in [5, 5.41) is 6.99. The molecule has 0 saturated carbocycles. The second-order valence-corrected chi connectivity index (χ2v) is 10.0. The summed E-state index contributed by atoms with van der Waals surface area (Å²) in [7, 11) is 0. The zero-order chi connectivity index (χ0) is 31.8. The van der Waals surface area contributed by atoms with Gasteiger partial charge in [0.1, 0.15) is 24.9 Å². The number of aryl methyl sites for hydroxylation is 1. The quantitative estimate of drug-likeness (QED) is 0.221. The van der Waals surface area contributed by atoms with Crippen molar-refractivity contribution in [3.05, 3.63) is 91.0 Å². The first kappa shape index (κ1) is 34.8.